The molecule has 0 aliphatic heterocycles. The van der Waals surface area contributed by atoms with Crippen molar-refractivity contribution in [2.24, 2.45) is 11.8 Å². The van der Waals surface area contributed by atoms with Gasteiger partial charge < -0.3 is 9.84 Å². The van der Waals surface area contributed by atoms with E-state index in [2.05, 4.69) is 19.9 Å². The van der Waals surface area contributed by atoms with Gasteiger partial charge in [-0.3, -0.25) is 0 Å². The average molecular weight is 253 g/mol. The van der Waals surface area contributed by atoms with E-state index in [9.17, 15) is 10.4 Å². The molecule has 1 fully saturated rings. The first kappa shape index (κ1) is 15.5. The van der Waals surface area contributed by atoms with Crippen LogP contribution in [0, 0.1) is 23.2 Å². The third-order valence-corrected chi connectivity index (χ3v) is 3.91. The Kier molecular flexibility index (Phi) is 5.62. The van der Waals surface area contributed by atoms with Crippen LogP contribution in [0.15, 0.2) is 0 Å². The van der Waals surface area contributed by atoms with Crippen LogP contribution < -0.4 is 0 Å². The fourth-order valence-corrected chi connectivity index (χ4v) is 2.90. The van der Waals surface area contributed by atoms with Crippen LogP contribution in [0.25, 0.3) is 0 Å². The molecule has 0 bridgehead atoms. The van der Waals surface area contributed by atoms with E-state index in [1.165, 1.54) is 6.42 Å². The van der Waals surface area contributed by atoms with Gasteiger partial charge in [-0.05, 0) is 51.4 Å². The molecule has 0 spiro atoms. The molecule has 18 heavy (non-hydrogen) atoms. The first-order valence-electron chi connectivity index (χ1n) is 7.15. The summed E-state index contributed by atoms with van der Waals surface area (Å²) in [7, 11) is 0. The second kappa shape index (κ2) is 6.54. The molecule has 0 heterocycles. The van der Waals surface area contributed by atoms with Crippen molar-refractivity contribution in [3.8, 4) is 6.07 Å². The van der Waals surface area contributed by atoms with Crippen LogP contribution in [0.1, 0.15) is 59.8 Å². The molecule has 4 atom stereocenters. The zero-order valence-corrected chi connectivity index (χ0v) is 12.1. The second-order valence-electron chi connectivity index (χ2n) is 6.26. The van der Waals surface area contributed by atoms with Gasteiger partial charge in [0.15, 0.2) is 5.60 Å². The first-order valence-corrected chi connectivity index (χ1v) is 7.15. The molecule has 1 saturated carbocycles. The van der Waals surface area contributed by atoms with Gasteiger partial charge in [-0.2, -0.15) is 5.26 Å². The van der Waals surface area contributed by atoms with Gasteiger partial charge in [-0.15, -0.1) is 0 Å². The number of rotatable bonds is 5. The standard InChI is InChI=1S/C15H27NO2/c1-11(2)8-14-6-5-7-15(9-14,10-16)18-13(4)12(3)17/h11-14,17H,5-9H2,1-4H3. The highest BCUT2D eigenvalue weighted by molar-refractivity contribution is 5.05. The number of aliphatic hydroxyl groups is 1. The van der Waals surface area contributed by atoms with Crippen molar-refractivity contribution in [3.05, 3.63) is 0 Å². The Morgan fingerprint density at radius 3 is 2.56 bits per heavy atom. The summed E-state index contributed by atoms with van der Waals surface area (Å²) in [6, 6.07) is 2.37. The molecule has 1 aliphatic rings. The van der Waals surface area contributed by atoms with Crippen LogP contribution in [-0.2, 0) is 4.74 Å². The van der Waals surface area contributed by atoms with Crippen molar-refractivity contribution in [2.75, 3.05) is 0 Å². The number of hydrogen-bond acceptors (Lipinski definition) is 3. The molecule has 1 rings (SSSR count). The highest BCUT2D eigenvalue weighted by Gasteiger charge is 2.39. The van der Waals surface area contributed by atoms with Gasteiger partial charge in [-0.25, -0.2) is 0 Å². The van der Waals surface area contributed by atoms with E-state index in [-0.39, 0.29) is 6.10 Å². The molecular formula is C15H27NO2. The van der Waals surface area contributed by atoms with E-state index >= 15 is 0 Å². The first-order chi connectivity index (χ1) is 8.38. The maximum absolute atomic E-state index is 9.54. The Bertz CT molecular complexity index is 295. The van der Waals surface area contributed by atoms with Gasteiger partial charge in [0.1, 0.15) is 0 Å². The van der Waals surface area contributed by atoms with Crippen molar-refractivity contribution in [1.29, 1.82) is 5.26 Å². The zero-order valence-electron chi connectivity index (χ0n) is 12.1. The fourth-order valence-electron chi connectivity index (χ4n) is 2.90. The number of hydrogen-bond donors (Lipinski definition) is 1. The van der Waals surface area contributed by atoms with E-state index in [0.29, 0.717) is 11.8 Å². The third-order valence-electron chi connectivity index (χ3n) is 3.91. The molecule has 4 unspecified atom stereocenters. The van der Waals surface area contributed by atoms with Crippen LogP contribution >= 0.6 is 0 Å². The van der Waals surface area contributed by atoms with Crippen molar-refractivity contribution >= 4 is 0 Å². The van der Waals surface area contributed by atoms with E-state index in [1.54, 1.807) is 6.92 Å². The maximum atomic E-state index is 9.54. The van der Waals surface area contributed by atoms with E-state index in [1.807, 2.05) is 6.92 Å². The van der Waals surface area contributed by atoms with Gasteiger partial charge in [0.2, 0.25) is 0 Å². The van der Waals surface area contributed by atoms with Crippen molar-refractivity contribution in [3.63, 3.8) is 0 Å². The molecule has 0 aromatic heterocycles. The Labute approximate surface area is 111 Å². The van der Waals surface area contributed by atoms with Crippen LogP contribution in [0.5, 0.6) is 0 Å². The summed E-state index contributed by atoms with van der Waals surface area (Å²) < 4.78 is 5.89. The molecule has 0 saturated heterocycles. The number of aliphatic hydroxyl groups excluding tert-OH is 1. The van der Waals surface area contributed by atoms with Crippen molar-refractivity contribution < 1.29 is 9.84 Å². The highest BCUT2D eigenvalue weighted by Crippen LogP contribution is 2.38. The molecule has 3 heteroatoms. The van der Waals surface area contributed by atoms with E-state index < -0.39 is 11.7 Å². The minimum atomic E-state index is -0.672. The summed E-state index contributed by atoms with van der Waals surface area (Å²) in [6.45, 7) is 8.00. The number of nitrogens with zero attached hydrogens (tertiary/aromatic N) is 1. The Morgan fingerprint density at radius 1 is 1.39 bits per heavy atom. The molecule has 0 radical (unpaired) electrons. The Balaban J connectivity index is 2.66. The summed E-state index contributed by atoms with van der Waals surface area (Å²) in [5.74, 6) is 1.25. The highest BCUT2D eigenvalue weighted by atomic mass is 16.5. The predicted octanol–water partition coefficient (Wildman–Crippen LogP) is 3.27. The van der Waals surface area contributed by atoms with Gasteiger partial charge in [0, 0.05) is 0 Å². The van der Waals surface area contributed by atoms with Crippen LogP contribution in [0.2, 0.25) is 0 Å². The van der Waals surface area contributed by atoms with E-state index in [4.69, 9.17) is 4.74 Å². The lowest BCUT2D eigenvalue weighted by molar-refractivity contribution is -0.118. The fraction of sp³-hybridized carbons (Fsp3) is 0.933. The lowest BCUT2D eigenvalue weighted by atomic mass is 9.75. The molecule has 3 nitrogen and oxygen atoms in total. The lowest BCUT2D eigenvalue weighted by Crippen LogP contribution is -2.42. The Morgan fingerprint density at radius 2 is 2.06 bits per heavy atom. The summed E-state index contributed by atoms with van der Waals surface area (Å²) in [5.41, 5.74) is -0.672. The summed E-state index contributed by atoms with van der Waals surface area (Å²) in [4.78, 5) is 0. The summed E-state index contributed by atoms with van der Waals surface area (Å²) in [6.07, 6.45) is 4.23. The number of ether oxygens (including phenoxy) is 1. The summed E-state index contributed by atoms with van der Waals surface area (Å²) >= 11 is 0. The SMILES string of the molecule is CC(C)CC1CCCC(C#N)(OC(C)C(C)O)C1. The maximum Gasteiger partial charge on any atom is 0.154 e. The minimum Gasteiger partial charge on any atom is -0.391 e. The number of nitriles is 1. The van der Waals surface area contributed by atoms with Gasteiger partial charge >= 0.3 is 0 Å². The zero-order chi connectivity index (χ0) is 13.8. The third kappa shape index (κ3) is 4.26. The molecule has 0 aromatic rings. The van der Waals surface area contributed by atoms with Crippen molar-refractivity contribution in [2.45, 2.75) is 77.6 Å². The Hall–Kier alpha value is -0.590. The molecule has 0 aromatic carbocycles. The molecule has 0 amide bonds. The van der Waals surface area contributed by atoms with Crippen LogP contribution in [-0.4, -0.2) is 22.9 Å². The molecule has 1 aliphatic carbocycles. The predicted molar refractivity (Wildman–Crippen MR) is 72.0 cm³/mol. The largest absolute Gasteiger partial charge is 0.391 e. The lowest BCUT2D eigenvalue weighted by Gasteiger charge is -2.38. The molecule has 104 valence electrons. The van der Waals surface area contributed by atoms with Crippen molar-refractivity contribution in [1.82, 2.24) is 0 Å². The topological polar surface area (TPSA) is 53.2 Å². The second-order valence-corrected chi connectivity index (χ2v) is 6.26. The monoisotopic (exact) mass is 253 g/mol. The van der Waals surface area contributed by atoms with Gasteiger partial charge in [-0.1, -0.05) is 20.3 Å². The average Bonchev–Trinajstić information content (AvgIpc) is 2.28. The molecular weight excluding hydrogens is 226 g/mol. The quantitative estimate of drug-likeness (QED) is 0.818. The van der Waals surface area contributed by atoms with Gasteiger partial charge in [0.05, 0.1) is 18.3 Å². The van der Waals surface area contributed by atoms with E-state index in [0.717, 1.165) is 25.7 Å². The smallest absolute Gasteiger partial charge is 0.154 e. The molecule has 1 N–H and O–H groups in total. The van der Waals surface area contributed by atoms with Crippen LogP contribution in [0.4, 0.5) is 0 Å². The van der Waals surface area contributed by atoms with Crippen LogP contribution in [0.3, 0.4) is 0 Å². The summed E-state index contributed by atoms with van der Waals surface area (Å²) in [5, 5.41) is 19.0. The van der Waals surface area contributed by atoms with Gasteiger partial charge in [0.25, 0.3) is 0 Å². The minimum absolute atomic E-state index is 0.276. The normalized spacial score (nSPS) is 31.9.